The van der Waals surface area contributed by atoms with Crippen molar-refractivity contribution in [2.75, 3.05) is 12.8 Å². The second-order valence-corrected chi connectivity index (χ2v) is 9.15. The first-order valence-electron chi connectivity index (χ1n) is 9.35. The summed E-state index contributed by atoms with van der Waals surface area (Å²) in [5.74, 6) is -1.01. The first kappa shape index (κ1) is 20.2. The minimum atomic E-state index is -3.26. The van der Waals surface area contributed by atoms with Crippen molar-refractivity contribution in [1.82, 2.24) is 29.9 Å². The highest BCUT2D eigenvalue weighted by Crippen LogP contribution is 2.28. The molecular formula is C18H20N6O5S. The van der Waals surface area contributed by atoms with E-state index in [0.29, 0.717) is 29.8 Å². The van der Waals surface area contributed by atoms with E-state index in [2.05, 4.69) is 20.4 Å². The van der Waals surface area contributed by atoms with Gasteiger partial charge in [-0.2, -0.15) is 0 Å². The van der Waals surface area contributed by atoms with E-state index in [-0.39, 0.29) is 31.3 Å². The third-order valence-corrected chi connectivity index (χ3v) is 5.79. The molecule has 0 radical (unpaired) electrons. The largest absolute Gasteiger partial charge is 0.322 e. The molecule has 0 spiro atoms. The van der Waals surface area contributed by atoms with E-state index >= 15 is 0 Å². The van der Waals surface area contributed by atoms with Crippen LogP contribution in [0, 0.1) is 0 Å². The van der Waals surface area contributed by atoms with Crippen LogP contribution in [0.15, 0.2) is 24.4 Å². The highest BCUT2D eigenvalue weighted by molar-refractivity contribution is 7.88. The van der Waals surface area contributed by atoms with Crippen LogP contribution >= 0.6 is 0 Å². The van der Waals surface area contributed by atoms with E-state index in [9.17, 15) is 22.8 Å². The second-order valence-electron chi connectivity index (χ2n) is 7.31. The zero-order valence-corrected chi connectivity index (χ0v) is 17.0. The molecule has 1 aromatic carbocycles. The summed E-state index contributed by atoms with van der Waals surface area (Å²) in [7, 11) is -3.26. The monoisotopic (exact) mass is 432 g/mol. The Morgan fingerprint density at radius 3 is 2.80 bits per heavy atom. The number of fused-ring (bicyclic) bond motifs is 1. The van der Waals surface area contributed by atoms with E-state index < -0.39 is 22.0 Å². The molecule has 3 heterocycles. The van der Waals surface area contributed by atoms with Gasteiger partial charge in [0.25, 0.3) is 5.91 Å². The van der Waals surface area contributed by atoms with Crippen molar-refractivity contribution in [3.8, 4) is 5.69 Å². The van der Waals surface area contributed by atoms with Crippen LogP contribution in [-0.4, -0.2) is 64.9 Å². The minimum Gasteiger partial charge on any atom is -0.322 e. The van der Waals surface area contributed by atoms with Gasteiger partial charge in [0.2, 0.25) is 21.8 Å². The van der Waals surface area contributed by atoms with Crippen LogP contribution < -0.4 is 10.0 Å². The Balaban J connectivity index is 1.48. The van der Waals surface area contributed by atoms with Crippen molar-refractivity contribution in [2.45, 2.75) is 31.8 Å². The van der Waals surface area contributed by atoms with Gasteiger partial charge >= 0.3 is 0 Å². The maximum Gasteiger partial charge on any atom is 0.255 e. The first-order chi connectivity index (χ1) is 14.2. The molecule has 2 aliphatic rings. The molecule has 1 atom stereocenters. The summed E-state index contributed by atoms with van der Waals surface area (Å²) < 4.78 is 26.2. The van der Waals surface area contributed by atoms with E-state index in [1.165, 1.54) is 4.90 Å². The lowest BCUT2D eigenvalue weighted by atomic mass is 10.0. The fourth-order valence-corrected chi connectivity index (χ4v) is 4.08. The standard InChI is InChI=1S/C18H20N6O5S/c1-30(28,29)19-7-6-12-10-24(22-21-12)13-2-3-14-11(8-13)9-23(18(14)27)15-4-5-16(25)20-17(15)26/h2-3,8,10,15,19H,4-7,9H2,1H3,(H,20,25,26). The number of piperidine rings is 1. The van der Waals surface area contributed by atoms with Gasteiger partial charge < -0.3 is 4.90 Å². The predicted molar refractivity (Wildman–Crippen MR) is 104 cm³/mol. The molecule has 2 aliphatic heterocycles. The Bertz CT molecular complexity index is 1140. The molecule has 3 amide bonds. The second kappa shape index (κ2) is 7.61. The molecule has 1 unspecified atom stereocenters. The van der Waals surface area contributed by atoms with E-state index in [0.717, 1.165) is 11.8 Å². The normalized spacial score (nSPS) is 19.2. The fraction of sp³-hybridized carbons (Fsp3) is 0.389. The van der Waals surface area contributed by atoms with Crippen molar-refractivity contribution in [1.29, 1.82) is 0 Å². The van der Waals surface area contributed by atoms with Gasteiger partial charge in [-0.05, 0) is 30.2 Å². The summed E-state index contributed by atoms with van der Waals surface area (Å²) in [4.78, 5) is 37.7. The number of benzene rings is 1. The van der Waals surface area contributed by atoms with Gasteiger partial charge in [-0.3, -0.25) is 19.7 Å². The van der Waals surface area contributed by atoms with Gasteiger partial charge in [-0.1, -0.05) is 5.21 Å². The van der Waals surface area contributed by atoms with E-state index in [4.69, 9.17) is 0 Å². The van der Waals surface area contributed by atoms with Crippen molar-refractivity contribution >= 4 is 27.7 Å². The lowest BCUT2D eigenvalue weighted by Crippen LogP contribution is -2.52. The van der Waals surface area contributed by atoms with Crippen molar-refractivity contribution in [2.24, 2.45) is 0 Å². The van der Waals surface area contributed by atoms with Crippen LogP contribution in [0.25, 0.3) is 5.69 Å². The predicted octanol–water partition coefficient (Wildman–Crippen LogP) is -0.880. The number of imide groups is 1. The van der Waals surface area contributed by atoms with Gasteiger partial charge in [0.1, 0.15) is 6.04 Å². The average Bonchev–Trinajstić information content (AvgIpc) is 3.26. The highest BCUT2D eigenvalue weighted by Gasteiger charge is 2.39. The molecule has 0 aliphatic carbocycles. The molecule has 11 nitrogen and oxygen atoms in total. The summed E-state index contributed by atoms with van der Waals surface area (Å²) in [6, 6.07) is 4.57. The smallest absolute Gasteiger partial charge is 0.255 e. The number of carbonyl (C=O) groups is 3. The Morgan fingerprint density at radius 2 is 2.07 bits per heavy atom. The lowest BCUT2D eigenvalue weighted by Gasteiger charge is -2.29. The number of hydrogen-bond donors (Lipinski definition) is 2. The highest BCUT2D eigenvalue weighted by atomic mass is 32.2. The molecule has 0 bridgehead atoms. The van der Waals surface area contributed by atoms with Crippen LogP contribution in [0.3, 0.4) is 0 Å². The summed E-state index contributed by atoms with van der Waals surface area (Å²) in [5, 5.41) is 10.4. The first-order valence-corrected chi connectivity index (χ1v) is 11.2. The molecule has 158 valence electrons. The molecule has 2 aromatic rings. The minimum absolute atomic E-state index is 0.206. The number of sulfonamides is 1. The third-order valence-electron chi connectivity index (χ3n) is 5.06. The number of nitrogens with zero attached hydrogens (tertiary/aromatic N) is 4. The number of nitrogens with one attached hydrogen (secondary N) is 2. The molecule has 1 saturated heterocycles. The van der Waals surface area contributed by atoms with Gasteiger partial charge in [0, 0.05) is 31.5 Å². The van der Waals surface area contributed by atoms with Crippen LogP contribution in [-0.2, 0) is 32.6 Å². The Hall–Kier alpha value is -3.12. The van der Waals surface area contributed by atoms with Crippen LogP contribution in [0.5, 0.6) is 0 Å². The summed E-state index contributed by atoms with van der Waals surface area (Å²) in [5.41, 5.74) is 2.59. The molecular weight excluding hydrogens is 412 g/mol. The summed E-state index contributed by atoms with van der Waals surface area (Å²) in [6.45, 7) is 0.491. The maximum absolute atomic E-state index is 12.7. The van der Waals surface area contributed by atoms with Gasteiger partial charge in [0.05, 0.1) is 23.8 Å². The fourth-order valence-electron chi connectivity index (χ4n) is 3.61. The topological polar surface area (TPSA) is 143 Å². The zero-order valence-electron chi connectivity index (χ0n) is 16.2. The number of rotatable bonds is 6. The average molecular weight is 432 g/mol. The van der Waals surface area contributed by atoms with Gasteiger partial charge in [0.15, 0.2) is 0 Å². The molecule has 2 N–H and O–H groups in total. The molecule has 1 aromatic heterocycles. The van der Waals surface area contributed by atoms with Gasteiger partial charge in [-0.25, -0.2) is 17.8 Å². The lowest BCUT2D eigenvalue weighted by molar-refractivity contribution is -0.136. The molecule has 30 heavy (non-hydrogen) atoms. The Morgan fingerprint density at radius 1 is 1.27 bits per heavy atom. The van der Waals surface area contributed by atoms with Crippen LogP contribution in [0.2, 0.25) is 0 Å². The molecule has 0 saturated carbocycles. The number of hydrogen-bond acceptors (Lipinski definition) is 7. The van der Waals surface area contributed by atoms with Crippen molar-refractivity contribution in [3.63, 3.8) is 0 Å². The van der Waals surface area contributed by atoms with E-state index in [1.807, 2.05) is 6.07 Å². The third kappa shape index (κ3) is 4.09. The SMILES string of the molecule is CS(=O)(=O)NCCc1cn(-c2ccc3c(c2)CN(C2CCC(=O)NC2=O)C3=O)nn1. The van der Waals surface area contributed by atoms with Crippen LogP contribution in [0.4, 0.5) is 0 Å². The van der Waals surface area contributed by atoms with Crippen molar-refractivity contribution < 1.29 is 22.8 Å². The summed E-state index contributed by atoms with van der Waals surface area (Å²) in [6.07, 6.45) is 3.69. The number of carbonyl (C=O) groups excluding carboxylic acids is 3. The number of amides is 3. The zero-order chi connectivity index (χ0) is 21.5. The summed E-state index contributed by atoms with van der Waals surface area (Å²) >= 11 is 0. The number of aromatic nitrogens is 3. The molecule has 4 rings (SSSR count). The molecule has 1 fully saturated rings. The van der Waals surface area contributed by atoms with Gasteiger partial charge in [-0.15, -0.1) is 5.10 Å². The Labute approximate surface area is 172 Å². The van der Waals surface area contributed by atoms with Crippen LogP contribution in [0.1, 0.15) is 34.5 Å². The Kier molecular flexibility index (Phi) is 5.12. The molecule has 12 heteroatoms. The van der Waals surface area contributed by atoms with E-state index in [1.54, 1.807) is 23.0 Å². The maximum atomic E-state index is 12.7. The van der Waals surface area contributed by atoms with Crippen molar-refractivity contribution in [3.05, 3.63) is 41.2 Å². The quantitative estimate of drug-likeness (QED) is 0.564.